The summed E-state index contributed by atoms with van der Waals surface area (Å²) in [6, 6.07) is 5.17. The van der Waals surface area contributed by atoms with E-state index < -0.39 is 0 Å². The molecule has 0 saturated heterocycles. The Morgan fingerprint density at radius 1 is 1.35 bits per heavy atom. The van der Waals surface area contributed by atoms with Crippen LogP contribution in [0, 0.1) is 13.8 Å². The molecule has 2 heterocycles. The van der Waals surface area contributed by atoms with E-state index in [1.165, 1.54) is 7.11 Å². The number of nitrogens with one attached hydrogen (secondary N) is 1. The van der Waals surface area contributed by atoms with Crippen LogP contribution in [0.3, 0.4) is 0 Å². The highest BCUT2D eigenvalue weighted by Crippen LogP contribution is 2.31. The first-order valence-corrected chi connectivity index (χ1v) is 8.99. The van der Waals surface area contributed by atoms with Crippen LogP contribution >= 0.6 is 23.4 Å². The van der Waals surface area contributed by atoms with Gasteiger partial charge in [-0.15, -0.1) is 10.2 Å². The lowest BCUT2D eigenvalue weighted by Crippen LogP contribution is -2.15. The van der Waals surface area contributed by atoms with Crippen LogP contribution in [0.5, 0.6) is 5.75 Å². The first kappa shape index (κ1) is 18.3. The number of nitrogens with zero attached hydrogens (tertiary/aromatic N) is 2. The molecule has 0 spiro atoms. The Labute approximate surface area is 159 Å². The largest absolute Gasteiger partial charge is 0.495 e. The maximum Gasteiger partial charge on any atom is 0.277 e. The molecular formula is C17H16ClN3O4S. The highest BCUT2D eigenvalue weighted by atomic mass is 35.5. The molecule has 0 aliphatic carbocycles. The van der Waals surface area contributed by atoms with Crippen molar-refractivity contribution in [1.29, 1.82) is 0 Å². The molecule has 1 aromatic carbocycles. The van der Waals surface area contributed by atoms with E-state index in [4.69, 9.17) is 25.2 Å². The van der Waals surface area contributed by atoms with E-state index in [0.29, 0.717) is 33.3 Å². The highest BCUT2D eigenvalue weighted by Gasteiger charge is 2.15. The molecule has 2 aromatic heterocycles. The van der Waals surface area contributed by atoms with Gasteiger partial charge in [0.15, 0.2) is 0 Å². The number of hydrogen-bond acceptors (Lipinski definition) is 7. The summed E-state index contributed by atoms with van der Waals surface area (Å²) in [5.74, 6) is 1.42. The third kappa shape index (κ3) is 4.03. The molecule has 3 rings (SSSR count). The molecule has 0 bridgehead atoms. The lowest BCUT2D eigenvalue weighted by Gasteiger charge is -2.11. The van der Waals surface area contributed by atoms with Crippen molar-refractivity contribution < 1.29 is 18.4 Å². The van der Waals surface area contributed by atoms with E-state index in [0.717, 1.165) is 22.9 Å². The van der Waals surface area contributed by atoms with Crippen LogP contribution in [0.2, 0.25) is 5.02 Å². The third-order valence-electron chi connectivity index (χ3n) is 3.58. The maximum absolute atomic E-state index is 12.2. The molecular weight excluding hydrogens is 378 g/mol. The van der Waals surface area contributed by atoms with Crippen LogP contribution in [0.25, 0.3) is 11.5 Å². The first-order valence-electron chi connectivity index (χ1n) is 7.62. The number of carbonyl (C=O) groups is 1. The normalized spacial score (nSPS) is 10.8. The summed E-state index contributed by atoms with van der Waals surface area (Å²) < 4.78 is 16.0. The van der Waals surface area contributed by atoms with E-state index in [9.17, 15) is 4.79 Å². The molecule has 1 amide bonds. The lowest BCUT2D eigenvalue weighted by molar-refractivity contribution is -0.113. The number of carbonyl (C=O) groups excluding carboxylic acids is 1. The minimum atomic E-state index is -0.228. The summed E-state index contributed by atoms with van der Waals surface area (Å²) in [6.07, 6.45) is 1.55. The van der Waals surface area contributed by atoms with Gasteiger partial charge in [-0.25, -0.2) is 0 Å². The topological polar surface area (TPSA) is 90.4 Å². The van der Waals surface area contributed by atoms with Crippen LogP contribution in [-0.2, 0) is 4.79 Å². The molecule has 26 heavy (non-hydrogen) atoms. The van der Waals surface area contributed by atoms with Gasteiger partial charge < -0.3 is 18.9 Å². The van der Waals surface area contributed by atoms with Crippen LogP contribution in [0.1, 0.15) is 11.3 Å². The molecule has 0 unspecified atom stereocenters. The third-order valence-corrected chi connectivity index (χ3v) is 4.80. The molecule has 9 heteroatoms. The fraction of sp³-hybridized carbons (Fsp3) is 0.235. The van der Waals surface area contributed by atoms with Gasteiger partial charge in [0.2, 0.25) is 5.91 Å². The zero-order valence-corrected chi connectivity index (χ0v) is 15.9. The smallest absolute Gasteiger partial charge is 0.277 e. The summed E-state index contributed by atoms with van der Waals surface area (Å²) in [5.41, 5.74) is 2.13. The van der Waals surface area contributed by atoms with Crippen LogP contribution in [-0.4, -0.2) is 29.0 Å². The highest BCUT2D eigenvalue weighted by molar-refractivity contribution is 7.99. The fourth-order valence-electron chi connectivity index (χ4n) is 2.23. The van der Waals surface area contributed by atoms with Crippen LogP contribution < -0.4 is 10.1 Å². The SMILES string of the molecule is COc1cc(Cl)c(C)cc1NC(=O)CSc1nnc(-c2ccoc2C)o1. The molecule has 7 nitrogen and oxygen atoms in total. The van der Waals surface area contributed by atoms with Gasteiger partial charge in [0, 0.05) is 11.1 Å². The molecule has 136 valence electrons. The monoisotopic (exact) mass is 393 g/mol. The van der Waals surface area contributed by atoms with Crippen molar-refractivity contribution in [3.05, 3.63) is 40.8 Å². The summed E-state index contributed by atoms with van der Waals surface area (Å²) in [5, 5.41) is 11.6. The molecule has 0 aliphatic heterocycles. The Morgan fingerprint density at radius 2 is 2.15 bits per heavy atom. The van der Waals surface area contributed by atoms with E-state index >= 15 is 0 Å². The van der Waals surface area contributed by atoms with Gasteiger partial charge in [0.25, 0.3) is 11.1 Å². The molecule has 0 atom stereocenters. The van der Waals surface area contributed by atoms with E-state index in [1.54, 1.807) is 31.4 Å². The van der Waals surface area contributed by atoms with Crippen LogP contribution in [0.15, 0.2) is 38.5 Å². The fourth-order valence-corrected chi connectivity index (χ4v) is 2.94. The van der Waals surface area contributed by atoms with Gasteiger partial charge in [-0.3, -0.25) is 4.79 Å². The number of methoxy groups -OCH3 is 1. The molecule has 0 saturated carbocycles. The number of anilines is 1. The van der Waals surface area contributed by atoms with Gasteiger partial charge >= 0.3 is 0 Å². The number of rotatable bonds is 6. The van der Waals surface area contributed by atoms with Crippen molar-refractivity contribution in [3.63, 3.8) is 0 Å². The number of furan rings is 1. The summed E-state index contributed by atoms with van der Waals surface area (Å²) >= 11 is 7.21. The molecule has 3 aromatic rings. The quantitative estimate of drug-likeness (QED) is 0.623. The van der Waals surface area contributed by atoms with Gasteiger partial charge in [0.1, 0.15) is 11.5 Å². The van der Waals surface area contributed by atoms with Gasteiger partial charge in [0.05, 0.1) is 30.4 Å². The molecule has 0 aliphatic rings. The standard InChI is InChI=1S/C17H16ClN3O4S/c1-9-6-13(14(23-3)7-12(9)18)19-15(22)8-26-17-21-20-16(25-17)11-4-5-24-10(11)2/h4-7H,8H2,1-3H3,(H,19,22). The van der Waals surface area contributed by atoms with E-state index in [2.05, 4.69) is 15.5 Å². The average molecular weight is 394 g/mol. The predicted molar refractivity (Wildman–Crippen MR) is 98.8 cm³/mol. The van der Waals surface area contributed by atoms with Crippen molar-refractivity contribution in [2.24, 2.45) is 0 Å². The van der Waals surface area contributed by atoms with Crippen molar-refractivity contribution in [2.75, 3.05) is 18.2 Å². The lowest BCUT2D eigenvalue weighted by atomic mass is 10.2. The Bertz CT molecular complexity index is 938. The Balaban J connectivity index is 1.62. The van der Waals surface area contributed by atoms with Crippen molar-refractivity contribution in [2.45, 2.75) is 19.1 Å². The van der Waals surface area contributed by atoms with Crippen molar-refractivity contribution >= 4 is 35.0 Å². The molecule has 0 fully saturated rings. The van der Waals surface area contributed by atoms with Crippen molar-refractivity contribution in [3.8, 4) is 17.2 Å². The maximum atomic E-state index is 12.2. The van der Waals surface area contributed by atoms with Gasteiger partial charge in [-0.05, 0) is 31.5 Å². The predicted octanol–water partition coefficient (Wildman–Crippen LogP) is 4.34. The number of amides is 1. The number of thioether (sulfide) groups is 1. The van der Waals surface area contributed by atoms with Gasteiger partial charge in [-0.1, -0.05) is 23.4 Å². The summed E-state index contributed by atoms with van der Waals surface area (Å²) in [6.45, 7) is 3.66. The Morgan fingerprint density at radius 3 is 2.85 bits per heavy atom. The summed E-state index contributed by atoms with van der Waals surface area (Å²) in [7, 11) is 1.52. The first-order chi connectivity index (χ1) is 12.5. The second-order valence-corrected chi connectivity index (χ2v) is 6.74. The average Bonchev–Trinajstić information content (AvgIpc) is 3.24. The van der Waals surface area contributed by atoms with Gasteiger partial charge in [-0.2, -0.15) is 0 Å². The number of halogens is 1. The number of ether oxygens (including phenoxy) is 1. The van der Waals surface area contributed by atoms with E-state index in [1.807, 2.05) is 6.92 Å². The zero-order chi connectivity index (χ0) is 18.7. The second-order valence-electron chi connectivity index (χ2n) is 5.40. The number of benzene rings is 1. The second kappa shape index (κ2) is 7.84. The number of aromatic nitrogens is 2. The molecule has 1 N–H and O–H groups in total. The van der Waals surface area contributed by atoms with Crippen LogP contribution in [0.4, 0.5) is 5.69 Å². The van der Waals surface area contributed by atoms with Crippen molar-refractivity contribution in [1.82, 2.24) is 10.2 Å². The Hall–Kier alpha value is -2.45. The zero-order valence-electron chi connectivity index (χ0n) is 14.3. The minimum absolute atomic E-state index is 0.108. The number of hydrogen-bond donors (Lipinski definition) is 1. The minimum Gasteiger partial charge on any atom is -0.495 e. The number of aryl methyl sites for hydroxylation is 2. The Kier molecular flexibility index (Phi) is 5.53. The summed E-state index contributed by atoms with van der Waals surface area (Å²) in [4.78, 5) is 12.2. The molecule has 0 radical (unpaired) electrons. The van der Waals surface area contributed by atoms with E-state index in [-0.39, 0.29) is 11.7 Å².